The van der Waals surface area contributed by atoms with Gasteiger partial charge in [0.15, 0.2) is 0 Å². The van der Waals surface area contributed by atoms with E-state index in [0.29, 0.717) is 0 Å². The minimum atomic E-state index is -0.270. The minimum absolute atomic E-state index is 0.0120. The van der Waals surface area contributed by atoms with Crippen LogP contribution in [-0.2, 0) is 9.59 Å². The monoisotopic (exact) mass is 294 g/mol. The highest BCUT2D eigenvalue weighted by molar-refractivity contribution is 6.06. The smallest absolute Gasteiger partial charge is 0.235 e. The number of hydrogen-bond acceptors (Lipinski definition) is 3. The molecule has 0 aliphatic carbocycles. The van der Waals surface area contributed by atoms with Crippen LogP contribution in [0.5, 0.6) is 0 Å². The summed E-state index contributed by atoms with van der Waals surface area (Å²) >= 11 is 0. The third-order valence-corrected chi connectivity index (χ3v) is 5.33. The summed E-state index contributed by atoms with van der Waals surface area (Å²) in [6.45, 7) is 1.06. The molecule has 0 unspecified atom stereocenters. The predicted molar refractivity (Wildman–Crippen MR) is 81.4 cm³/mol. The maximum atomic E-state index is 12.8. The van der Waals surface area contributed by atoms with Crippen molar-refractivity contribution < 1.29 is 9.59 Å². The van der Waals surface area contributed by atoms with Crippen LogP contribution in [0, 0.1) is 24.2 Å². The zero-order chi connectivity index (χ0) is 15.3. The van der Waals surface area contributed by atoms with Crippen molar-refractivity contribution in [1.82, 2.24) is 9.80 Å². The van der Waals surface area contributed by atoms with E-state index in [-0.39, 0.29) is 42.3 Å². The Hall–Kier alpha value is -2.12. The van der Waals surface area contributed by atoms with E-state index in [4.69, 9.17) is 6.42 Å². The fourth-order valence-corrected chi connectivity index (χ4v) is 4.56. The second-order valence-electron chi connectivity index (χ2n) is 6.32. The summed E-state index contributed by atoms with van der Waals surface area (Å²) in [5.41, 5.74) is 1.13. The lowest BCUT2D eigenvalue weighted by Gasteiger charge is -2.28. The van der Waals surface area contributed by atoms with Crippen molar-refractivity contribution in [3.8, 4) is 12.3 Å². The summed E-state index contributed by atoms with van der Waals surface area (Å²) in [5, 5.41) is 0. The lowest BCUT2D eigenvalue weighted by Crippen LogP contribution is -2.39. The lowest BCUT2D eigenvalue weighted by molar-refractivity contribution is -0.140. The number of terminal acetylenes is 1. The maximum Gasteiger partial charge on any atom is 0.235 e. The number of nitrogens with zero attached hydrogens (tertiary/aromatic N) is 2. The number of carbonyl (C=O) groups is 2. The number of hydrogen-bond donors (Lipinski definition) is 0. The Morgan fingerprint density at radius 2 is 1.86 bits per heavy atom. The zero-order valence-corrected chi connectivity index (χ0v) is 12.3. The summed E-state index contributed by atoms with van der Waals surface area (Å²) in [4.78, 5) is 29.1. The molecule has 3 aliphatic heterocycles. The van der Waals surface area contributed by atoms with Crippen molar-refractivity contribution in [2.24, 2.45) is 11.8 Å². The largest absolute Gasteiger partial charge is 0.292 e. The molecule has 3 aliphatic rings. The predicted octanol–water partition coefficient (Wildman–Crippen LogP) is 1.44. The van der Waals surface area contributed by atoms with Crippen LogP contribution in [-0.4, -0.2) is 40.7 Å². The minimum Gasteiger partial charge on any atom is -0.292 e. The van der Waals surface area contributed by atoms with Crippen molar-refractivity contribution >= 4 is 11.8 Å². The number of carbonyl (C=O) groups excluding carboxylic acids is 2. The van der Waals surface area contributed by atoms with Crippen LogP contribution in [0.2, 0.25) is 0 Å². The number of benzene rings is 1. The molecule has 0 N–H and O–H groups in total. The van der Waals surface area contributed by atoms with Gasteiger partial charge in [0.2, 0.25) is 11.8 Å². The van der Waals surface area contributed by atoms with E-state index in [1.165, 1.54) is 4.90 Å². The molecule has 4 rings (SSSR count). The fourth-order valence-electron chi connectivity index (χ4n) is 4.56. The highest BCUT2D eigenvalue weighted by Crippen LogP contribution is 2.52. The van der Waals surface area contributed by atoms with Gasteiger partial charge in [0.05, 0.1) is 18.4 Å². The van der Waals surface area contributed by atoms with Crippen molar-refractivity contribution in [3.05, 3.63) is 35.9 Å². The van der Waals surface area contributed by atoms with Gasteiger partial charge in [-0.3, -0.25) is 19.4 Å². The van der Waals surface area contributed by atoms with E-state index in [0.717, 1.165) is 24.9 Å². The molecule has 0 radical (unpaired) electrons. The van der Waals surface area contributed by atoms with Gasteiger partial charge in [-0.25, -0.2) is 0 Å². The molecule has 3 fully saturated rings. The average molecular weight is 294 g/mol. The average Bonchev–Trinajstić information content (AvgIpc) is 3.17. The summed E-state index contributed by atoms with van der Waals surface area (Å²) < 4.78 is 0. The molecule has 2 amide bonds. The molecule has 4 heteroatoms. The first-order chi connectivity index (χ1) is 10.7. The molecule has 112 valence electrons. The van der Waals surface area contributed by atoms with Crippen LogP contribution < -0.4 is 0 Å². The molecule has 1 aromatic carbocycles. The van der Waals surface area contributed by atoms with Gasteiger partial charge in [-0.2, -0.15) is 0 Å². The first-order valence-electron chi connectivity index (χ1n) is 7.83. The Kier molecular flexibility index (Phi) is 3.05. The standard InChI is InChI=1S/C18H18N2O2/c1-2-10-20-17(21)14-13-9-6-11-19(13)16(15(14)18(20)22)12-7-4-3-5-8-12/h1,3-5,7-8,13-16H,6,9-11H2/t13-,14-,15-,16-/m1/s1. The van der Waals surface area contributed by atoms with E-state index < -0.39 is 0 Å². The molecule has 0 bridgehead atoms. The molecule has 1 aromatic rings. The normalized spacial score (nSPS) is 33.9. The Bertz CT molecular complexity index is 663. The molecule has 3 saturated heterocycles. The quantitative estimate of drug-likeness (QED) is 0.612. The molecule has 22 heavy (non-hydrogen) atoms. The number of likely N-dealkylation sites (tertiary alicyclic amines) is 1. The van der Waals surface area contributed by atoms with Crippen molar-refractivity contribution in [3.63, 3.8) is 0 Å². The SMILES string of the molecule is C#CCN1C(=O)[C@@H]2[C@H](C1=O)[C@H]1CCCN1[C@@H]2c1ccccc1. The van der Waals surface area contributed by atoms with Gasteiger partial charge in [0, 0.05) is 12.1 Å². The maximum absolute atomic E-state index is 12.8. The van der Waals surface area contributed by atoms with Crippen LogP contribution in [0.15, 0.2) is 30.3 Å². The Morgan fingerprint density at radius 3 is 2.59 bits per heavy atom. The molecule has 4 atom stereocenters. The van der Waals surface area contributed by atoms with Crippen molar-refractivity contribution in [2.75, 3.05) is 13.1 Å². The number of fused-ring (bicyclic) bond motifs is 3. The summed E-state index contributed by atoms with van der Waals surface area (Å²) in [7, 11) is 0. The number of amides is 2. The first-order valence-corrected chi connectivity index (χ1v) is 7.83. The third kappa shape index (κ3) is 1.69. The molecule has 3 heterocycles. The molecule has 0 aromatic heterocycles. The zero-order valence-electron chi connectivity index (χ0n) is 12.3. The van der Waals surface area contributed by atoms with E-state index >= 15 is 0 Å². The van der Waals surface area contributed by atoms with Gasteiger partial charge in [0.1, 0.15) is 0 Å². The Morgan fingerprint density at radius 1 is 1.14 bits per heavy atom. The summed E-state index contributed by atoms with van der Waals surface area (Å²) in [5.74, 6) is 1.81. The molecule has 4 nitrogen and oxygen atoms in total. The van der Waals surface area contributed by atoms with Gasteiger partial charge in [-0.05, 0) is 24.9 Å². The second kappa shape index (κ2) is 4.96. The Balaban J connectivity index is 1.78. The van der Waals surface area contributed by atoms with Crippen LogP contribution >= 0.6 is 0 Å². The molecule has 0 saturated carbocycles. The van der Waals surface area contributed by atoms with Gasteiger partial charge in [-0.15, -0.1) is 6.42 Å². The third-order valence-electron chi connectivity index (χ3n) is 5.33. The second-order valence-corrected chi connectivity index (χ2v) is 6.32. The van der Waals surface area contributed by atoms with Crippen LogP contribution in [0.25, 0.3) is 0 Å². The summed E-state index contributed by atoms with van der Waals surface area (Å²) in [6.07, 6.45) is 7.41. The molecule has 0 spiro atoms. The van der Waals surface area contributed by atoms with Gasteiger partial charge < -0.3 is 0 Å². The Labute approximate surface area is 130 Å². The van der Waals surface area contributed by atoms with Crippen LogP contribution in [0.3, 0.4) is 0 Å². The highest BCUT2D eigenvalue weighted by Gasteiger charge is 2.62. The van der Waals surface area contributed by atoms with E-state index in [2.05, 4.69) is 23.0 Å². The molecular formula is C18H18N2O2. The number of imide groups is 1. The van der Waals surface area contributed by atoms with E-state index in [1.807, 2.05) is 18.2 Å². The van der Waals surface area contributed by atoms with E-state index in [9.17, 15) is 9.59 Å². The topological polar surface area (TPSA) is 40.6 Å². The van der Waals surface area contributed by atoms with Crippen molar-refractivity contribution in [2.45, 2.75) is 24.9 Å². The highest BCUT2D eigenvalue weighted by atomic mass is 16.2. The van der Waals surface area contributed by atoms with Gasteiger partial charge in [0.25, 0.3) is 0 Å². The summed E-state index contributed by atoms with van der Waals surface area (Å²) in [6, 6.07) is 10.3. The van der Waals surface area contributed by atoms with E-state index in [1.54, 1.807) is 0 Å². The first kappa shape index (κ1) is 13.5. The molecular weight excluding hydrogens is 276 g/mol. The van der Waals surface area contributed by atoms with Crippen molar-refractivity contribution in [1.29, 1.82) is 0 Å². The van der Waals surface area contributed by atoms with Crippen LogP contribution in [0.1, 0.15) is 24.4 Å². The fraction of sp³-hybridized carbons (Fsp3) is 0.444. The van der Waals surface area contributed by atoms with Crippen LogP contribution in [0.4, 0.5) is 0 Å². The van der Waals surface area contributed by atoms with Gasteiger partial charge >= 0.3 is 0 Å². The lowest BCUT2D eigenvalue weighted by atomic mass is 9.85. The number of rotatable bonds is 2. The van der Waals surface area contributed by atoms with Gasteiger partial charge in [-0.1, -0.05) is 36.3 Å².